The number of ether oxygens (including phenoxy) is 2. The molecule has 6 nitrogen and oxygen atoms in total. The Morgan fingerprint density at radius 1 is 0.810 bits per heavy atom. The smallest absolute Gasteiger partial charge is 0.185 e. The van der Waals surface area contributed by atoms with Crippen LogP contribution in [-0.2, 0) is 0 Å². The average Bonchev–Trinajstić information content (AvgIpc) is 3.46. The number of ketones is 3. The van der Waals surface area contributed by atoms with Gasteiger partial charge in [0.1, 0.15) is 23.0 Å². The molecular formula is C36H29NO5. The Hall–Kier alpha value is -4.97. The molecule has 6 heteroatoms. The minimum absolute atomic E-state index is 0.175. The first-order chi connectivity index (χ1) is 20.4. The number of carbonyl (C=O) groups is 3. The fraction of sp³-hybridized carbons (Fsp3) is 0.194. The van der Waals surface area contributed by atoms with Gasteiger partial charge in [0, 0.05) is 33.9 Å². The topological polar surface area (TPSA) is 72.9 Å². The molecule has 7 rings (SSSR count). The highest BCUT2D eigenvalue weighted by atomic mass is 16.5. The summed E-state index contributed by atoms with van der Waals surface area (Å²) in [6, 6.07) is 25.8. The molecule has 3 atom stereocenters. The molecule has 0 aromatic heterocycles. The Kier molecular flexibility index (Phi) is 5.91. The van der Waals surface area contributed by atoms with Crippen LogP contribution >= 0.6 is 0 Å². The van der Waals surface area contributed by atoms with Gasteiger partial charge in [0.25, 0.3) is 0 Å². The van der Waals surface area contributed by atoms with Crippen molar-refractivity contribution < 1.29 is 23.9 Å². The fourth-order valence-corrected chi connectivity index (χ4v) is 7.30. The summed E-state index contributed by atoms with van der Waals surface area (Å²) in [4.78, 5) is 46.5. The summed E-state index contributed by atoms with van der Waals surface area (Å²) in [6.45, 7) is 2.02. The molecule has 4 aromatic rings. The van der Waals surface area contributed by atoms with Crippen molar-refractivity contribution in [3.8, 4) is 11.5 Å². The molecule has 42 heavy (non-hydrogen) atoms. The average molecular weight is 556 g/mol. The van der Waals surface area contributed by atoms with Crippen LogP contribution in [0.15, 0.2) is 97.1 Å². The van der Waals surface area contributed by atoms with E-state index in [4.69, 9.17) is 9.47 Å². The molecule has 0 amide bonds. The predicted octanol–water partition coefficient (Wildman–Crippen LogP) is 6.33. The third-order valence-corrected chi connectivity index (χ3v) is 9.06. The van der Waals surface area contributed by atoms with E-state index in [9.17, 15) is 14.4 Å². The zero-order chi connectivity index (χ0) is 29.2. The molecule has 0 radical (unpaired) electrons. The lowest BCUT2D eigenvalue weighted by atomic mass is 9.64. The summed E-state index contributed by atoms with van der Waals surface area (Å²) in [7, 11) is 3.12. The maximum atomic E-state index is 14.8. The Morgan fingerprint density at radius 2 is 1.50 bits per heavy atom. The predicted molar refractivity (Wildman–Crippen MR) is 161 cm³/mol. The number of rotatable bonds is 5. The highest BCUT2D eigenvalue weighted by molar-refractivity contribution is 6.32. The van der Waals surface area contributed by atoms with Gasteiger partial charge >= 0.3 is 0 Å². The van der Waals surface area contributed by atoms with Gasteiger partial charge in [0.2, 0.25) is 0 Å². The van der Waals surface area contributed by atoms with Crippen LogP contribution in [0.4, 0.5) is 5.69 Å². The Balaban J connectivity index is 1.59. The van der Waals surface area contributed by atoms with Gasteiger partial charge in [-0.2, -0.15) is 0 Å². The van der Waals surface area contributed by atoms with Crippen LogP contribution in [0.1, 0.15) is 53.7 Å². The third-order valence-electron chi connectivity index (χ3n) is 9.06. The number of anilines is 1. The number of methoxy groups -OCH3 is 2. The third kappa shape index (κ3) is 3.41. The van der Waals surface area contributed by atoms with Crippen molar-refractivity contribution in [2.24, 2.45) is 5.41 Å². The minimum atomic E-state index is -1.61. The number of nitrogens with zero attached hydrogens (tertiary/aromatic N) is 1. The van der Waals surface area contributed by atoms with Gasteiger partial charge < -0.3 is 14.4 Å². The summed E-state index contributed by atoms with van der Waals surface area (Å²) in [6.07, 6.45) is 3.91. The Labute approximate surface area is 244 Å². The van der Waals surface area contributed by atoms with E-state index >= 15 is 0 Å². The van der Waals surface area contributed by atoms with Crippen molar-refractivity contribution in [1.29, 1.82) is 0 Å². The van der Waals surface area contributed by atoms with Crippen molar-refractivity contribution in [2.45, 2.75) is 24.9 Å². The van der Waals surface area contributed by atoms with Crippen LogP contribution in [0.3, 0.4) is 0 Å². The van der Waals surface area contributed by atoms with Gasteiger partial charge in [0.05, 0.1) is 20.3 Å². The van der Waals surface area contributed by atoms with Crippen molar-refractivity contribution in [3.05, 3.63) is 130 Å². The zero-order valence-corrected chi connectivity index (χ0v) is 23.5. The lowest BCUT2D eigenvalue weighted by Gasteiger charge is -2.37. The second-order valence-electron chi connectivity index (χ2n) is 11.1. The van der Waals surface area contributed by atoms with E-state index in [0.717, 1.165) is 16.8 Å². The van der Waals surface area contributed by atoms with Gasteiger partial charge in [0.15, 0.2) is 17.3 Å². The lowest BCUT2D eigenvalue weighted by Crippen LogP contribution is -2.48. The summed E-state index contributed by atoms with van der Waals surface area (Å²) in [5, 5.41) is 0. The molecule has 2 heterocycles. The van der Waals surface area contributed by atoms with Crippen molar-refractivity contribution in [1.82, 2.24) is 0 Å². The van der Waals surface area contributed by atoms with E-state index in [2.05, 4.69) is 6.07 Å². The second kappa shape index (κ2) is 9.55. The highest BCUT2D eigenvalue weighted by Crippen LogP contribution is 2.62. The Morgan fingerprint density at radius 3 is 2.17 bits per heavy atom. The van der Waals surface area contributed by atoms with Crippen molar-refractivity contribution in [3.63, 3.8) is 0 Å². The van der Waals surface area contributed by atoms with E-state index in [1.165, 1.54) is 0 Å². The van der Waals surface area contributed by atoms with Crippen LogP contribution in [0, 0.1) is 12.3 Å². The van der Waals surface area contributed by atoms with Gasteiger partial charge in [-0.1, -0.05) is 78.4 Å². The number of hydrogen-bond acceptors (Lipinski definition) is 6. The first kappa shape index (κ1) is 26.0. The quantitative estimate of drug-likeness (QED) is 0.212. The molecule has 0 N–H and O–H groups in total. The van der Waals surface area contributed by atoms with Crippen LogP contribution in [0.25, 0.3) is 6.08 Å². The van der Waals surface area contributed by atoms with E-state index in [1.807, 2.05) is 54.3 Å². The molecule has 4 aromatic carbocycles. The van der Waals surface area contributed by atoms with Crippen LogP contribution < -0.4 is 14.4 Å². The second-order valence-corrected chi connectivity index (χ2v) is 11.1. The highest BCUT2D eigenvalue weighted by Gasteiger charge is 2.72. The summed E-state index contributed by atoms with van der Waals surface area (Å²) in [5.74, 6) is -0.599. The van der Waals surface area contributed by atoms with Crippen molar-refractivity contribution in [2.75, 3.05) is 19.1 Å². The summed E-state index contributed by atoms with van der Waals surface area (Å²) >= 11 is 0. The number of fused-ring (bicyclic) bond motifs is 5. The molecule has 1 saturated heterocycles. The SMILES string of the molecule is COc1ccc(OC)c([C@H]2[C@H](C(=O)c3ccccc3)N3c4ccc(C)cc4C=C[C@H]3C23C(=O)c2ccccc2C3=O)c1. The van der Waals surface area contributed by atoms with E-state index in [1.54, 1.807) is 68.8 Å². The molecule has 0 unspecified atom stereocenters. The van der Waals surface area contributed by atoms with Gasteiger partial charge in [-0.05, 0) is 42.8 Å². The van der Waals surface area contributed by atoms with E-state index in [-0.39, 0.29) is 17.3 Å². The number of carbonyl (C=O) groups excluding carboxylic acids is 3. The lowest BCUT2D eigenvalue weighted by molar-refractivity contribution is 0.0664. The molecule has 0 bridgehead atoms. The molecular weight excluding hydrogens is 526 g/mol. The van der Waals surface area contributed by atoms with E-state index in [0.29, 0.717) is 33.8 Å². The van der Waals surface area contributed by atoms with Gasteiger partial charge in [-0.15, -0.1) is 0 Å². The molecule has 0 saturated carbocycles. The van der Waals surface area contributed by atoms with Gasteiger partial charge in [-0.3, -0.25) is 14.4 Å². The molecule has 1 aliphatic carbocycles. The molecule has 1 fully saturated rings. The fourth-order valence-electron chi connectivity index (χ4n) is 7.30. The molecule has 1 spiro atoms. The zero-order valence-electron chi connectivity index (χ0n) is 23.5. The number of hydrogen-bond donors (Lipinski definition) is 0. The van der Waals surface area contributed by atoms with E-state index < -0.39 is 23.4 Å². The normalized spacial score (nSPS) is 21.2. The van der Waals surface area contributed by atoms with Crippen LogP contribution in [0.2, 0.25) is 0 Å². The first-order valence-electron chi connectivity index (χ1n) is 14.0. The van der Waals surface area contributed by atoms with Crippen LogP contribution in [-0.4, -0.2) is 43.7 Å². The number of benzene rings is 4. The monoisotopic (exact) mass is 555 g/mol. The first-order valence-corrected chi connectivity index (χ1v) is 14.0. The van der Waals surface area contributed by atoms with Crippen LogP contribution in [0.5, 0.6) is 11.5 Å². The Bertz CT molecular complexity index is 1770. The number of aryl methyl sites for hydroxylation is 1. The largest absolute Gasteiger partial charge is 0.497 e. The maximum absolute atomic E-state index is 14.8. The number of Topliss-reactive ketones (excluding diaryl/α,β-unsaturated/α-hetero) is 3. The maximum Gasteiger partial charge on any atom is 0.185 e. The molecule has 3 aliphatic rings. The van der Waals surface area contributed by atoms with Crippen molar-refractivity contribution >= 4 is 29.1 Å². The molecule has 208 valence electrons. The standard InChI is InChI=1S/C36H29NO5/c1-21-13-16-28-23(19-21)14-18-30-36(34(39)25-11-7-8-12-26(25)35(36)40)31(27-20-24(41-2)15-17-29(27)42-3)32(37(28)30)33(38)22-9-5-4-6-10-22/h4-20,30-32H,1-3H3/t30-,31-,32+/m0/s1. The molecule has 2 aliphatic heterocycles. The summed E-state index contributed by atoms with van der Waals surface area (Å²) < 4.78 is 11.5. The van der Waals surface area contributed by atoms with Gasteiger partial charge in [-0.25, -0.2) is 0 Å². The summed E-state index contributed by atoms with van der Waals surface area (Å²) in [5.41, 5.74) is 3.04. The minimum Gasteiger partial charge on any atom is -0.497 e.